The largest absolute Gasteiger partial charge is 0.362 e. The number of benzene rings is 1. The summed E-state index contributed by atoms with van der Waals surface area (Å²) < 4.78 is 13.5. The first-order chi connectivity index (χ1) is 14.2. The number of H-pyrrole nitrogens is 1. The number of imidazole rings is 1. The number of pyridine rings is 2. The molecule has 0 amide bonds. The number of aromatic amines is 1. The Kier molecular flexibility index (Phi) is 4.09. The van der Waals surface area contributed by atoms with E-state index in [1.807, 2.05) is 25.1 Å². The van der Waals surface area contributed by atoms with Crippen LogP contribution in [0.3, 0.4) is 0 Å². The van der Waals surface area contributed by atoms with Crippen molar-refractivity contribution in [3.05, 3.63) is 72.7 Å². The monoisotopic (exact) mass is 385 g/mol. The molecular weight excluding hydrogens is 369 g/mol. The fourth-order valence-corrected chi connectivity index (χ4v) is 3.34. The molecule has 0 aliphatic heterocycles. The summed E-state index contributed by atoms with van der Waals surface area (Å²) in [4.78, 5) is 25.0. The molecule has 4 heterocycles. The molecule has 1 atom stereocenters. The minimum absolute atomic E-state index is 0.157. The van der Waals surface area contributed by atoms with Crippen LogP contribution in [0.5, 0.6) is 0 Å². The predicted octanol–water partition coefficient (Wildman–Crippen LogP) is 4.28. The minimum Gasteiger partial charge on any atom is -0.362 e. The highest BCUT2D eigenvalue weighted by Gasteiger charge is 2.17. The van der Waals surface area contributed by atoms with Crippen LogP contribution in [0.15, 0.2) is 61.3 Å². The average Bonchev–Trinajstić information content (AvgIpc) is 3.23. The summed E-state index contributed by atoms with van der Waals surface area (Å²) in [5, 5.41) is 3.41. The molecule has 7 nitrogen and oxygen atoms in total. The quantitative estimate of drug-likeness (QED) is 0.480. The molecule has 0 bridgehead atoms. The van der Waals surface area contributed by atoms with E-state index < -0.39 is 0 Å². The van der Waals surface area contributed by atoms with Gasteiger partial charge in [0.1, 0.15) is 17.7 Å². The van der Waals surface area contributed by atoms with Crippen LogP contribution < -0.4 is 5.32 Å². The lowest BCUT2D eigenvalue weighted by Crippen LogP contribution is -2.11. The normalized spacial score (nSPS) is 12.3. The van der Waals surface area contributed by atoms with Crippen molar-refractivity contribution in [2.75, 3.05) is 5.32 Å². The highest BCUT2D eigenvalue weighted by atomic mass is 19.1. The summed E-state index contributed by atoms with van der Waals surface area (Å²) in [5.41, 5.74) is 5.41. The topological polar surface area (TPSA) is 92.3 Å². The number of hydrogen-bond donors (Lipinski definition) is 2. The smallest absolute Gasteiger partial charge is 0.182 e. The van der Waals surface area contributed by atoms with Crippen LogP contribution in [0.4, 0.5) is 10.2 Å². The third kappa shape index (κ3) is 3.14. The zero-order valence-electron chi connectivity index (χ0n) is 15.5. The van der Waals surface area contributed by atoms with Crippen molar-refractivity contribution in [1.82, 2.24) is 29.9 Å². The van der Waals surface area contributed by atoms with Gasteiger partial charge in [-0.1, -0.05) is 0 Å². The van der Waals surface area contributed by atoms with Gasteiger partial charge in [-0.3, -0.25) is 4.98 Å². The van der Waals surface area contributed by atoms with Gasteiger partial charge in [0, 0.05) is 17.3 Å². The first-order valence-electron chi connectivity index (χ1n) is 9.11. The van der Waals surface area contributed by atoms with Crippen molar-refractivity contribution in [2.24, 2.45) is 0 Å². The highest BCUT2D eigenvalue weighted by molar-refractivity contribution is 5.83. The van der Waals surface area contributed by atoms with Crippen LogP contribution in [0, 0.1) is 5.82 Å². The molecule has 5 rings (SSSR count). The van der Waals surface area contributed by atoms with Crippen LogP contribution in [-0.2, 0) is 0 Å². The predicted molar refractivity (Wildman–Crippen MR) is 109 cm³/mol. The van der Waals surface area contributed by atoms with Crippen molar-refractivity contribution < 1.29 is 4.39 Å². The fraction of sp³-hybridized carbons (Fsp3) is 0.0952. The Morgan fingerprint density at radius 3 is 2.72 bits per heavy atom. The van der Waals surface area contributed by atoms with Crippen molar-refractivity contribution in [1.29, 1.82) is 0 Å². The molecule has 8 heteroatoms. The van der Waals surface area contributed by atoms with E-state index in [-0.39, 0.29) is 11.9 Å². The van der Waals surface area contributed by atoms with E-state index in [1.165, 1.54) is 18.5 Å². The Balaban J connectivity index is 1.63. The second kappa shape index (κ2) is 6.90. The SMILES string of the molecule is CC(Nc1ncnc2nc[nH]c12)c1cc2ncccc2nc1-c1ccc(F)cc1. The molecule has 0 radical (unpaired) electrons. The number of fused-ring (bicyclic) bond motifs is 2. The van der Waals surface area contributed by atoms with Crippen molar-refractivity contribution >= 4 is 28.0 Å². The molecule has 29 heavy (non-hydrogen) atoms. The van der Waals surface area contributed by atoms with E-state index in [0.717, 1.165) is 33.4 Å². The Bertz CT molecular complexity index is 1310. The van der Waals surface area contributed by atoms with Crippen LogP contribution in [0.2, 0.25) is 0 Å². The van der Waals surface area contributed by atoms with Gasteiger partial charge in [-0.15, -0.1) is 0 Å². The Labute approximate surface area is 165 Å². The van der Waals surface area contributed by atoms with Crippen molar-refractivity contribution in [3.8, 4) is 11.3 Å². The van der Waals surface area contributed by atoms with Gasteiger partial charge in [-0.25, -0.2) is 24.3 Å². The van der Waals surface area contributed by atoms with Crippen molar-refractivity contribution in [2.45, 2.75) is 13.0 Å². The van der Waals surface area contributed by atoms with Crippen LogP contribution in [0.25, 0.3) is 33.5 Å². The minimum atomic E-state index is -0.286. The molecule has 0 aliphatic carbocycles. The molecule has 2 N–H and O–H groups in total. The van der Waals surface area contributed by atoms with Gasteiger partial charge in [0.05, 0.1) is 29.1 Å². The summed E-state index contributed by atoms with van der Waals surface area (Å²) in [6.45, 7) is 2.02. The van der Waals surface area contributed by atoms with Crippen LogP contribution >= 0.6 is 0 Å². The summed E-state index contributed by atoms with van der Waals surface area (Å²) in [6.07, 6.45) is 4.79. The highest BCUT2D eigenvalue weighted by Crippen LogP contribution is 2.31. The maximum atomic E-state index is 13.5. The van der Waals surface area contributed by atoms with Crippen LogP contribution in [-0.4, -0.2) is 29.9 Å². The van der Waals surface area contributed by atoms with Crippen LogP contribution in [0.1, 0.15) is 18.5 Å². The lowest BCUT2D eigenvalue weighted by atomic mass is 9.99. The lowest BCUT2D eigenvalue weighted by Gasteiger charge is -2.19. The zero-order valence-corrected chi connectivity index (χ0v) is 15.5. The average molecular weight is 385 g/mol. The van der Waals surface area contributed by atoms with E-state index in [9.17, 15) is 4.39 Å². The van der Waals surface area contributed by atoms with Gasteiger partial charge in [0.2, 0.25) is 0 Å². The van der Waals surface area contributed by atoms with E-state index in [4.69, 9.17) is 4.98 Å². The molecular formula is C21H16FN7. The van der Waals surface area contributed by atoms with E-state index in [2.05, 4.69) is 30.2 Å². The van der Waals surface area contributed by atoms with Gasteiger partial charge in [0.15, 0.2) is 11.5 Å². The molecule has 142 valence electrons. The zero-order chi connectivity index (χ0) is 19.8. The number of hydrogen-bond acceptors (Lipinski definition) is 6. The summed E-state index contributed by atoms with van der Waals surface area (Å²) in [6, 6.07) is 11.9. The number of rotatable bonds is 4. The molecule has 1 aromatic carbocycles. The third-order valence-electron chi connectivity index (χ3n) is 4.77. The maximum absolute atomic E-state index is 13.5. The number of anilines is 1. The number of nitrogens with one attached hydrogen (secondary N) is 2. The first kappa shape index (κ1) is 17.2. The maximum Gasteiger partial charge on any atom is 0.182 e. The third-order valence-corrected chi connectivity index (χ3v) is 4.77. The van der Waals surface area contributed by atoms with Gasteiger partial charge in [-0.2, -0.15) is 0 Å². The molecule has 0 spiro atoms. The lowest BCUT2D eigenvalue weighted by molar-refractivity contribution is 0.628. The summed E-state index contributed by atoms with van der Waals surface area (Å²) in [5.74, 6) is 0.359. The van der Waals surface area contributed by atoms with E-state index in [1.54, 1.807) is 24.7 Å². The molecule has 0 saturated heterocycles. The molecule has 0 aliphatic rings. The number of aromatic nitrogens is 6. The van der Waals surface area contributed by atoms with Crippen molar-refractivity contribution in [3.63, 3.8) is 0 Å². The molecule has 0 fully saturated rings. The number of halogens is 1. The molecule has 4 aromatic heterocycles. The number of nitrogens with zero attached hydrogens (tertiary/aromatic N) is 5. The fourth-order valence-electron chi connectivity index (χ4n) is 3.34. The Hall–Kier alpha value is -3.94. The second-order valence-corrected chi connectivity index (χ2v) is 6.66. The second-order valence-electron chi connectivity index (χ2n) is 6.66. The molecule has 0 saturated carbocycles. The van der Waals surface area contributed by atoms with Gasteiger partial charge < -0.3 is 10.3 Å². The molecule has 1 unspecified atom stereocenters. The van der Waals surface area contributed by atoms with E-state index in [0.29, 0.717) is 11.5 Å². The Morgan fingerprint density at radius 2 is 1.86 bits per heavy atom. The molecule has 5 aromatic rings. The standard InChI is InChI=1S/C21H16FN7/c1-12(28-21-19-20(25-10-24-19)26-11-27-21)15-9-17-16(3-2-8-23-17)29-18(15)13-4-6-14(22)7-5-13/h2-12H,1H3,(H2,24,25,26,27,28). The van der Waals surface area contributed by atoms with E-state index >= 15 is 0 Å². The first-order valence-corrected chi connectivity index (χ1v) is 9.11. The van der Waals surface area contributed by atoms with Gasteiger partial charge >= 0.3 is 0 Å². The van der Waals surface area contributed by atoms with Gasteiger partial charge in [-0.05, 0) is 49.4 Å². The Morgan fingerprint density at radius 1 is 1.00 bits per heavy atom. The van der Waals surface area contributed by atoms with Gasteiger partial charge in [0.25, 0.3) is 0 Å². The summed E-state index contributed by atoms with van der Waals surface area (Å²) >= 11 is 0. The summed E-state index contributed by atoms with van der Waals surface area (Å²) in [7, 11) is 0.